The van der Waals surface area contributed by atoms with Crippen molar-refractivity contribution in [1.29, 1.82) is 0 Å². The molecule has 0 heterocycles. The predicted octanol–water partition coefficient (Wildman–Crippen LogP) is 4.85. The zero-order valence-electron chi connectivity index (χ0n) is 8.99. The van der Waals surface area contributed by atoms with E-state index in [1.165, 1.54) is 12.1 Å². The lowest BCUT2D eigenvalue weighted by atomic mass is 10.2. The molecule has 5 heteroatoms. The van der Waals surface area contributed by atoms with E-state index in [1.807, 2.05) is 0 Å². The molecule has 0 bridgehead atoms. The third kappa shape index (κ3) is 2.89. The minimum atomic E-state index is -0.546. The van der Waals surface area contributed by atoms with Crippen molar-refractivity contribution in [3.05, 3.63) is 57.3 Å². The standard InChI is InChI=1S/C13H7BrClFO2/c14-10-5-8(7-17)1-4-13(10)18-9-2-3-11(15)12(16)6-9/h1-7H. The third-order valence-corrected chi connectivity index (χ3v) is 3.14. The number of hydrogen-bond donors (Lipinski definition) is 0. The molecule has 2 rings (SSSR count). The number of ether oxygens (including phenoxy) is 1. The van der Waals surface area contributed by atoms with Crippen molar-refractivity contribution in [2.75, 3.05) is 0 Å². The topological polar surface area (TPSA) is 26.3 Å². The first-order chi connectivity index (χ1) is 8.60. The second-order valence-corrected chi connectivity index (χ2v) is 4.75. The average molecular weight is 330 g/mol. The molecule has 0 radical (unpaired) electrons. The Balaban J connectivity index is 2.28. The first-order valence-corrected chi connectivity index (χ1v) is 6.15. The molecule has 0 aliphatic heterocycles. The van der Waals surface area contributed by atoms with Gasteiger partial charge in [-0.1, -0.05) is 11.6 Å². The normalized spacial score (nSPS) is 10.2. The van der Waals surface area contributed by atoms with Crippen LogP contribution in [0.2, 0.25) is 5.02 Å². The Bertz CT molecular complexity index is 602. The molecule has 0 fully saturated rings. The molecule has 18 heavy (non-hydrogen) atoms. The first-order valence-electron chi connectivity index (χ1n) is 4.98. The van der Waals surface area contributed by atoms with Gasteiger partial charge in [0.15, 0.2) is 0 Å². The van der Waals surface area contributed by atoms with Crippen LogP contribution < -0.4 is 4.74 Å². The van der Waals surface area contributed by atoms with Gasteiger partial charge in [-0.3, -0.25) is 4.79 Å². The highest BCUT2D eigenvalue weighted by atomic mass is 79.9. The van der Waals surface area contributed by atoms with Crippen molar-refractivity contribution in [1.82, 2.24) is 0 Å². The van der Waals surface area contributed by atoms with Gasteiger partial charge in [-0.2, -0.15) is 0 Å². The fourth-order valence-electron chi connectivity index (χ4n) is 1.34. The molecule has 0 atom stereocenters. The van der Waals surface area contributed by atoms with Gasteiger partial charge in [0, 0.05) is 11.6 Å². The van der Waals surface area contributed by atoms with E-state index in [2.05, 4.69) is 15.9 Å². The highest BCUT2D eigenvalue weighted by molar-refractivity contribution is 9.10. The van der Waals surface area contributed by atoms with Crippen LogP contribution in [0.1, 0.15) is 10.4 Å². The Hall–Kier alpha value is -1.39. The van der Waals surface area contributed by atoms with Gasteiger partial charge in [0.25, 0.3) is 0 Å². The highest BCUT2D eigenvalue weighted by Gasteiger charge is 2.06. The predicted molar refractivity (Wildman–Crippen MR) is 71.0 cm³/mol. The fourth-order valence-corrected chi connectivity index (χ4v) is 1.94. The SMILES string of the molecule is O=Cc1ccc(Oc2ccc(Cl)c(F)c2)c(Br)c1. The maximum absolute atomic E-state index is 13.2. The Morgan fingerprint density at radius 1 is 1.22 bits per heavy atom. The molecule has 92 valence electrons. The molecule has 2 nitrogen and oxygen atoms in total. The van der Waals surface area contributed by atoms with E-state index >= 15 is 0 Å². The number of carbonyl (C=O) groups excluding carboxylic acids is 1. The Labute approximate surface area is 116 Å². The van der Waals surface area contributed by atoms with Crippen LogP contribution in [-0.2, 0) is 0 Å². The van der Waals surface area contributed by atoms with Gasteiger partial charge in [0.2, 0.25) is 0 Å². The van der Waals surface area contributed by atoms with Gasteiger partial charge >= 0.3 is 0 Å². The van der Waals surface area contributed by atoms with E-state index in [9.17, 15) is 9.18 Å². The van der Waals surface area contributed by atoms with Crippen molar-refractivity contribution in [2.45, 2.75) is 0 Å². The van der Waals surface area contributed by atoms with Crippen LogP contribution in [0.5, 0.6) is 11.5 Å². The molecule has 2 aromatic rings. The summed E-state index contributed by atoms with van der Waals surface area (Å²) < 4.78 is 19.3. The molecule has 0 aromatic heterocycles. The molecule has 0 saturated heterocycles. The lowest BCUT2D eigenvalue weighted by Gasteiger charge is -2.08. The van der Waals surface area contributed by atoms with Crippen LogP contribution in [0, 0.1) is 5.82 Å². The van der Waals surface area contributed by atoms with E-state index in [1.54, 1.807) is 24.3 Å². The molecule has 0 aliphatic rings. The van der Waals surface area contributed by atoms with Crippen LogP contribution in [0.4, 0.5) is 4.39 Å². The molecule has 0 N–H and O–H groups in total. The first kappa shape index (κ1) is 13.1. The number of hydrogen-bond acceptors (Lipinski definition) is 2. The van der Waals surface area contributed by atoms with E-state index in [-0.39, 0.29) is 5.02 Å². The molecule has 0 amide bonds. The quantitative estimate of drug-likeness (QED) is 0.753. The van der Waals surface area contributed by atoms with Crippen LogP contribution >= 0.6 is 27.5 Å². The summed E-state index contributed by atoms with van der Waals surface area (Å²) in [5, 5.41) is 0.0396. The fraction of sp³-hybridized carbons (Fsp3) is 0. The summed E-state index contributed by atoms with van der Waals surface area (Å²) in [6, 6.07) is 9.03. The number of halogens is 3. The average Bonchev–Trinajstić information content (AvgIpc) is 2.36. The summed E-state index contributed by atoms with van der Waals surface area (Å²) in [4.78, 5) is 10.6. The van der Waals surface area contributed by atoms with Gasteiger partial charge in [0.1, 0.15) is 23.6 Å². The van der Waals surface area contributed by atoms with Crippen LogP contribution in [0.15, 0.2) is 40.9 Å². The van der Waals surface area contributed by atoms with Crippen LogP contribution in [-0.4, -0.2) is 6.29 Å². The number of aldehydes is 1. The van der Waals surface area contributed by atoms with E-state index < -0.39 is 5.82 Å². The van der Waals surface area contributed by atoms with Gasteiger partial charge in [-0.05, 0) is 46.3 Å². The van der Waals surface area contributed by atoms with Crippen molar-refractivity contribution >= 4 is 33.8 Å². The van der Waals surface area contributed by atoms with E-state index in [0.717, 1.165) is 6.29 Å². The summed E-state index contributed by atoms with van der Waals surface area (Å²) >= 11 is 8.85. The Morgan fingerprint density at radius 3 is 2.61 bits per heavy atom. The number of carbonyl (C=O) groups is 1. The van der Waals surface area contributed by atoms with Crippen molar-refractivity contribution in [3.8, 4) is 11.5 Å². The van der Waals surface area contributed by atoms with Crippen molar-refractivity contribution in [3.63, 3.8) is 0 Å². The molecule has 0 spiro atoms. The third-order valence-electron chi connectivity index (χ3n) is 2.21. The summed E-state index contributed by atoms with van der Waals surface area (Å²) in [5.41, 5.74) is 0.525. The second-order valence-electron chi connectivity index (χ2n) is 3.49. The zero-order chi connectivity index (χ0) is 13.1. The van der Waals surface area contributed by atoms with Gasteiger partial charge in [-0.25, -0.2) is 4.39 Å². The van der Waals surface area contributed by atoms with Gasteiger partial charge in [0.05, 0.1) is 9.50 Å². The van der Waals surface area contributed by atoms with Crippen molar-refractivity contribution in [2.24, 2.45) is 0 Å². The molecule has 0 saturated carbocycles. The maximum atomic E-state index is 13.2. The van der Waals surface area contributed by atoms with Crippen LogP contribution in [0.25, 0.3) is 0 Å². The number of benzene rings is 2. The minimum Gasteiger partial charge on any atom is -0.456 e. The smallest absolute Gasteiger partial charge is 0.150 e. The largest absolute Gasteiger partial charge is 0.456 e. The molecular formula is C13H7BrClFO2. The zero-order valence-corrected chi connectivity index (χ0v) is 11.3. The molecule has 0 aliphatic carbocycles. The lowest BCUT2D eigenvalue weighted by molar-refractivity contribution is 0.112. The lowest BCUT2D eigenvalue weighted by Crippen LogP contribution is -1.88. The molecule has 0 unspecified atom stereocenters. The molecular weight excluding hydrogens is 322 g/mol. The Morgan fingerprint density at radius 2 is 2.00 bits per heavy atom. The van der Waals surface area contributed by atoms with Gasteiger partial charge in [-0.15, -0.1) is 0 Å². The second kappa shape index (κ2) is 5.50. The van der Waals surface area contributed by atoms with Crippen LogP contribution in [0.3, 0.4) is 0 Å². The van der Waals surface area contributed by atoms with Gasteiger partial charge < -0.3 is 4.74 Å². The Kier molecular flexibility index (Phi) is 3.99. The van der Waals surface area contributed by atoms with Crippen molar-refractivity contribution < 1.29 is 13.9 Å². The summed E-state index contributed by atoms with van der Waals surface area (Å²) in [6.07, 6.45) is 0.733. The van der Waals surface area contributed by atoms with E-state index in [0.29, 0.717) is 21.5 Å². The monoisotopic (exact) mass is 328 g/mol. The van der Waals surface area contributed by atoms with E-state index in [4.69, 9.17) is 16.3 Å². The minimum absolute atomic E-state index is 0.0396. The molecule has 2 aromatic carbocycles. The summed E-state index contributed by atoms with van der Waals surface area (Å²) in [6.45, 7) is 0. The number of rotatable bonds is 3. The highest BCUT2D eigenvalue weighted by Crippen LogP contribution is 2.31. The summed E-state index contributed by atoms with van der Waals surface area (Å²) in [7, 11) is 0. The summed E-state index contributed by atoms with van der Waals surface area (Å²) in [5.74, 6) is 0.272. The maximum Gasteiger partial charge on any atom is 0.150 e.